The van der Waals surface area contributed by atoms with Gasteiger partial charge in [-0.1, -0.05) is 12.1 Å². The van der Waals surface area contributed by atoms with Gasteiger partial charge in [0.25, 0.3) is 0 Å². The topological polar surface area (TPSA) is 88.8 Å². The Labute approximate surface area is 190 Å². The minimum atomic E-state index is -0.376. The fourth-order valence-corrected chi connectivity index (χ4v) is 5.15. The lowest BCUT2D eigenvalue weighted by Gasteiger charge is -2.43. The summed E-state index contributed by atoms with van der Waals surface area (Å²) in [5, 5.41) is 2.02. The fraction of sp³-hybridized carbons (Fsp3) is 0.292. The van der Waals surface area contributed by atoms with Gasteiger partial charge in [0.05, 0.1) is 18.8 Å². The summed E-state index contributed by atoms with van der Waals surface area (Å²) in [6.07, 6.45) is 1.48. The molecule has 4 heterocycles. The number of rotatable bonds is 6. The molecule has 0 radical (unpaired) electrons. The zero-order chi connectivity index (χ0) is 22.3. The molecule has 164 valence electrons. The largest absolute Gasteiger partial charge is 0.438 e. The number of nitrogens with zero attached hydrogens (tertiary/aromatic N) is 3. The molecule has 5 rings (SSSR count). The summed E-state index contributed by atoms with van der Waals surface area (Å²) in [6, 6.07) is 13.4. The third-order valence-corrected chi connectivity index (χ3v) is 6.88. The van der Waals surface area contributed by atoms with Crippen molar-refractivity contribution in [3.8, 4) is 10.4 Å². The molecule has 0 unspecified atom stereocenters. The Kier molecular flexibility index (Phi) is 5.19. The predicted molar refractivity (Wildman–Crippen MR) is 124 cm³/mol. The number of carbonyl (C=O) groups is 2. The number of likely N-dealkylation sites (N-methyl/N-ethyl adjacent to an activating group) is 1. The molecule has 1 spiro atoms. The number of anilines is 1. The van der Waals surface area contributed by atoms with Gasteiger partial charge in [0.1, 0.15) is 0 Å². The second-order valence-electron chi connectivity index (χ2n) is 8.61. The van der Waals surface area contributed by atoms with Gasteiger partial charge < -0.3 is 10.5 Å². The number of likely N-dealkylation sites (tertiary alicyclic amines) is 1. The minimum Gasteiger partial charge on any atom is -0.438 e. The molecule has 3 aromatic rings. The van der Waals surface area contributed by atoms with Crippen molar-refractivity contribution in [1.29, 1.82) is 0 Å². The van der Waals surface area contributed by atoms with Crippen LogP contribution in [0.25, 0.3) is 10.4 Å². The van der Waals surface area contributed by atoms with E-state index in [1.165, 1.54) is 0 Å². The van der Waals surface area contributed by atoms with Crippen molar-refractivity contribution in [3.63, 3.8) is 0 Å². The van der Waals surface area contributed by atoms with E-state index in [9.17, 15) is 9.59 Å². The number of ketones is 1. The normalized spacial score (nSPS) is 17.4. The van der Waals surface area contributed by atoms with E-state index >= 15 is 0 Å². The monoisotopic (exact) mass is 448 g/mol. The van der Waals surface area contributed by atoms with E-state index in [-0.39, 0.29) is 23.9 Å². The average Bonchev–Trinajstić information content (AvgIpc) is 3.39. The smallest absolute Gasteiger partial charge is 0.410 e. The summed E-state index contributed by atoms with van der Waals surface area (Å²) in [5.74, 6) is -0.0453. The first kappa shape index (κ1) is 20.7. The third kappa shape index (κ3) is 3.99. The molecule has 2 N–H and O–H groups in total. The van der Waals surface area contributed by atoms with Crippen LogP contribution in [0.2, 0.25) is 0 Å². The zero-order valence-corrected chi connectivity index (χ0v) is 18.6. The Hall–Kier alpha value is -3.23. The maximum atomic E-state index is 12.9. The molecule has 2 aliphatic rings. The molecule has 2 aliphatic heterocycles. The number of nitrogen functional groups attached to an aromatic ring is 1. The highest BCUT2D eigenvalue weighted by Crippen LogP contribution is 2.32. The van der Waals surface area contributed by atoms with Gasteiger partial charge in [-0.05, 0) is 53.9 Å². The van der Waals surface area contributed by atoms with E-state index < -0.39 is 0 Å². The van der Waals surface area contributed by atoms with Crippen molar-refractivity contribution in [2.45, 2.75) is 18.6 Å². The van der Waals surface area contributed by atoms with Crippen molar-refractivity contribution in [1.82, 2.24) is 14.8 Å². The molecule has 2 fully saturated rings. The predicted octanol–water partition coefficient (Wildman–Crippen LogP) is 3.45. The van der Waals surface area contributed by atoms with Crippen LogP contribution in [0, 0.1) is 0 Å². The van der Waals surface area contributed by atoms with Crippen molar-refractivity contribution < 1.29 is 14.3 Å². The van der Waals surface area contributed by atoms with Crippen molar-refractivity contribution in [2.75, 3.05) is 32.4 Å². The maximum absolute atomic E-state index is 12.9. The zero-order valence-electron chi connectivity index (χ0n) is 17.8. The van der Waals surface area contributed by atoms with Crippen LogP contribution in [-0.2, 0) is 17.7 Å². The molecule has 32 heavy (non-hydrogen) atoms. The summed E-state index contributed by atoms with van der Waals surface area (Å²) in [5.41, 5.74) is 9.46. The Morgan fingerprint density at radius 3 is 2.75 bits per heavy atom. The summed E-state index contributed by atoms with van der Waals surface area (Å²) >= 11 is 1.65. The number of nitrogens with two attached hydrogens (primary N) is 1. The Balaban J connectivity index is 1.24. The lowest BCUT2D eigenvalue weighted by molar-refractivity contribution is -0.0609. The molecule has 2 aromatic heterocycles. The van der Waals surface area contributed by atoms with Crippen LogP contribution in [0.15, 0.2) is 54.0 Å². The van der Waals surface area contributed by atoms with E-state index in [1.807, 2.05) is 42.8 Å². The number of benzene rings is 1. The van der Waals surface area contributed by atoms with E-state index in [0.29, 0.717) is 24.3 Å². The lowest BCUT2D eigenvalue weighted by atomic mass is 9.95. The van der Waals surface area contributed by atoms with E-state index in [4.69, 9.17) is 10.5 Å². The SMILES string of the molecule is CN1CC2(C1)CN(Cc1ccc(C(=O)Cc3cc(-c4cccs4)ccc3N)cn1)C(=O)O2. The van der Waals surface area contributed by atoms with Crippen LogP contribution in [-0.4, -0.2) is 58.9 Å². The minimum absolute atomic E-state index is 0.0453. The number of hydrogen-bond donors (Lipinski definition) is 1. The van der Waals surface area contributed by atoms with E-state index in [1.54, 1.807) is 34.6 Å². The quantitative estimate of drug-likeness (QED) is 0.459. The highest BCUT2D eigenvalue weighted by molar-refractivity contribution is 7.13. The Morgan fingerprint density at radius 1 is 1.22 bits per heavy atom. The van der Waals surface area contributed by atoms with Crippen LogP contribution < -0.4 is 5.73 Å². The summed E-state index contributed by atoms with van der Waals surface area (Å²) < 4.78 is 5.57. The number of amides is 1. The highest BCUT2D eigenvalue weighted by atomic mass is 32.1. The molecule has 0 aliphatic carbocycles. The molecule has 1 amide bonds. The number of thiophene rings is 1. The van der Waals surface area contributed by atoms with Gasteiger partial charge in [0.15, 0.2) is 11.4 Å². The lowest BCUT2D eigenvalue weighted by Crippen LogP contribution is -2.62. The highest BCUT2D eigenvalue weighted by Gasteiger charge is 2.52. The van der Waals surface area contributed by atoms with Gasteiger partial charge in [-0.3, -0.25) is 19.6 Å². The first-order chi connectivity index (χ1) is 15.4. The molecule has 0 bridgehead atoms. The molecule has 0 atom stereocenters. The number of pyridine rings is 1. The first-order valence-electron chi connectivity index (χ1n) is 10.5. The Bertz CT molecular complexity index is 1150. The molecular formula is C24H24N4O3S. The summed E-state index contributed by atoms with van der Waals surface area (Å²) in [7, 11) is 2.01. The third-order valence-electron chi connectivity index (χ3n) is 5.96. The van der Waals surface area contributed by atoms with Gasteiger partial charge in [-0.25, -0.2) is 4.79 Å². The second kappa shape index (κ2) is 8.03. The van der Waals surface area contributed by atoms with E-state index in [0.717, 1.165) is 34.8 Å². The number of ether oxygens (including phenoxy) is 1. The van der Waals surface area contributed by atoms with Gasteiger partial charge in [0, 0.05) is 41.8 Å². The van der Waals surface area contributed by atoms with E-state index in [2.05, 4.69) is 9.88 Å². The van der Waals surface area contributed by atoms with Gasteiger partial charge in [-0.2, -0.15) is 0 Å². The number of carbonyl (C=O) groups excluding carboxylic acids is 2. The molecule has 2 saturated heterocycles. The van der Waals surface area contributed by atoms with Gasteiger partial charge in [0.2, 0.25) is 0 Å². The van der Waals surface area contributed by atoms with Crippen molar-refractivity contribution in [3.05, 3.63) is 70.9 Å². The van der Waals surface area contributed by atoms with Gasteiger partial charge in [-0.15, -0.1) is 11.3 Å². The second-order valence-corrected chi connectivity index (χ2v) is 9.56. The maximum Gasteiger partial charge on any atom is 0.410 e. The molecule has 7 nitrogen and oxygen atoms in total. The average molecular weight is 449 g/mol. The molecular weight excluding hydrogens is 424 g/mol. The summed E-state index contributed by atoms with van der Waals surface area (Å²) in [4.78, 5) is 34.4. The van der Waals surface area contributed by atoms with Crippen LogP contribution in [0.5, 0.6) is 0 Å². The van der Waals surface area contributed by atoms with Crippen LogP contribution in [0.3, 0.4) is 0 Å². The summed E-state index contributed by atoms with van der Waals surface area (Å²) in [6.45, 7) is 2.45. The number of hydrogen-bond acceptors (Lipinski definition) is 7. The van der Waals surface area contributed by atoms with Crippen LogP contribution in [0.1, 0.15) is 21.6 Å². The molecule has 0 saturated carbocycles. The van der Waals surface area contributed by atoms with Crippen LogP contribution >= 0.6 is 11.3 Å². The van der Waals surface area contributed by atoms with Gasteiger partial charge >= 0.3 is 6.09 Å². The Morgan fingerprint density at radius 2 is 2.06 bits per heavy atom. The standard InChI is InChI=1S/C24H24N4O3S/c1-27-13-24(14-27)15-28(23(30)31-24)12-19-6-4-17(11-26-19)21(29)10-18-9-16(5-7-20(18)25)22-3-2-8-32-22/h2-9,11H,10,12-15,25H2,1H3. The fourth-order valence-electron chi connectivity index (χ4n) is 4.43. The first-order valence-corrected chi connectivity index (χ1v) is 11.4. The van der Waals surface area contributed by atoms with Crippen molar-refractivity contribution >= 4 is 28.9 Å². The number of Topliss-reactive ketones (excluding diaryl/α,β-unsaturated/α-hetero) is 1. The molecule has 8 heteroatoms. The van der Waals surface area contributed by atoms with Crippen molar-refractivity contribution in [2.24, 2.45) is 0 Å². The molecule has 1 aromatic carbocycles. The van der Waals surface area contributed by atoms with Crippen LogP contribution in [0.4, 0.5) is 10.5 Å². The number of aromatic nitrogens is 1.